The van der Waals surface area contributed by atoms with Gasteiger partial charge in [0.2, 0.25) is 5.95 Å². The molecule has 1 aliphatic rings. The second kappa shape index (κ2) is 6.64. The lowest BCUT2D eigenvalue weighted by atomic mass is 9.98. The van der Waals surface area contributed by atoms with E-state index >= 15 is 0 Å². The molecule has 6 heteroatoms. The van der Waals surface area contributed by atoms with Crippen molar-refractivity contribution in [3.05, 3.63) is 59.4 Å². The van der Waals surface area contributed by atoms with Crippen LogP contribution in [0.4, 0.5) is 5.95 Å². The molecule has 0 radical (unpaired) electrons. The number of hydrogen-bond acceptors (Lipinski definition) is 5. The molecule has 0 saturated carbocycles. The van der Waals surface area contributed by atoms with Crippen LogP contribution in [0.5, 0.6) is 0 Å². The SMILES string of the molecule is Cc1cnc(NCC2OCCc3ccccc32)nc1-c1ccnn1C. The molecule has 0 bridgehead atoms. The Kier molecular flexibility index (Phi) is 4.19. The minimum Gasteiger partial charge on any atom is -0.371 e. The average molecular weight is 335 g/mol. The molecule has 1 atom stereocenters. The molecule has 0 fully saturated rings. The fraction of sp³-hybridized carbons (Fsp3) is 0.316. The minimum absolute atomic E-state index is 0.0232. The third-order valence-electron chi connectivity index (χ3n) is 4.57. The Labute approximate surface area is 146 Å². The third-order valence-corrected chi connectivity index (χ3v) is 4.57. The summed E-state index contributed by atoms with van der Waals surface area (Å²) in [4.78, 5) is 9.09. The highest BCUT2D eigenvalue weighted by Gasteiger charge is 2.20. The molecule has 0 amide bonds. The Hall–Kier alpha value is -2.73. The first-order valence-corrected chi connectivity index (χ1v) is 8.47. The maximum absolute atomic E-state index is 5.94. The lowest BCUT2D eigenvalue weighted by Gasteiger charge is -2.26. The molecule has 1 aromatic carbocycles. The van der Waals surface area contributed by atoms with Crippen LogP contribution in [-0.4, -0.2) is 32.9 Å². The van der Waals surface area contributed by atoms with Crippen molar-refractivity contribution in [1.29, 1.82) is 0 Å². The van der Waals surface area contributed by atoms with Crippen LogP contribution in [0.2, 0.25) is 0 Å². The molecule has 3 aromatic rings. The minimum atomic E-state index is 0.0232. The van der Waals surface area contributed by atoms with Gasteiger partial charge >= 0.3 is 0 Å². The van der Waals surface area contributed by atoms with E-state index in [1.165, 1.54) is 11.1 Å². The molecule has 6 nitrogen and oxygen atoms in total. The predicted octanol–water partition coefficient (Wildman–Crippen LogP) is 2.91. The smallest absolute Gasteiger partial charge is 0.223 e. The second-order valence-corrected chi connectivity index (χ2v) is 6.25. The van der Waals surface area contributed by atoms with Gasteiger partial charge < -0.3 is 10.1 Å². The van der Waals surface area contributed by atoms with Crippen LogP contribution >= 0.6 is 0 Å². The summed E-state index contributed by atoms with van der Waals surface area (Å²) in [5.74, 6) is 0.605. The van der Waals surface area contributed by atoms with Crippen molar-refractivity contribution >= 4 is 5.95 Å². The van der Waals surface area contributed by atoms with Crippen molar-refractivity contribution in [3.63, 3.8) is 0 Å². The molecule has 4 rings (SSSR count). The Morgan fingerprint density at radius 3 is 3.00 bits per heavy atom. The van der Waals surface area contributed by atoms with Crippen LogP contribution in [0.1, 0.15) is 22.8 Å². The molecule has 128 valence electrons. The van der Waals surface area contributed by atoms with E-state index in [4.69, 9.17) is 4.74 Å². The van der Waals surface area contributed by atoms with E-state index in [0.717, 1.165) is 30.0 Å². The molecule has 1 N–H and O–H groups in total. The highest BCUT2D eigenvalue weighted by molar-refractivity contribution is 5.59. The van der Waals surface area contributed by atoms with Crippen LogP contribution in [0.3, 0.4) is 0 Å². The Balaban J connectivity index is 1.54. The van der Waals surface area contributed by atoms with E-state index in [-0.39, 0.29) is 6.10 Å². The lowest BCUT2D eigenvalue weighted by molar-refractivity contribution is 0.0512. The number of aryl methyl sites for hydroxylation is 2. The van der Waals surface area contributed by atoms with E-state index in [0.29, 0.717) is 12.5 Å². The number of nitrogens with zero attached hydrogens (tertiary/aromatic N) is 4. The summed E-state index contributed by atoms with van der Waals surface area (Å²) < 4.78 is 7.76. The molecule has 3 heterocycles. The van der Waals surface area contributed by atoms with Crippen molar-refractivity contribution in [3.8, 4) is 11.4 Å². The van der Waals surface area contributed by atoms with Crippen LogP contribution in [-0.2, 0) is 18.2 Å². The van der Waals surface area contributed by atoms with Crippen molar-refractivity contribution in [1.82, 2.24) is 19.7 Å². The van der Waals surface area contributed by atoms with Gasteiger partial charge in [-0.05, 0) is 36.1 Å². The van der Waals surface area contributed by atoms with Gasteiger partial charge in [0.25, 0.3) is 0 Å². The number of fused-ring (bicyclic) bond motifs is 1. The Bertz CT molecular complexity index is 889. The molecule has 0 saturated heterocycles. The zero-order valence-corrected chi connectivity index (χ0v) is 14.4. The average Bonchev–Trinajstić information content (AvgIpc) is 3.07. The number of hydrogen-bond donors (Lipinski definition) is 1. The summed E-state index contributed by atoms with van der Waals surface area (Å²) >= 11 is 0. The summed E-state index contributed by atoms with van der Waals surface area (Å²) in [5.41, 5.74) is 5.50. The predicted molar refractivity (Wildman–Crippen MR) is 96.3 cm³/mol. The van der Waals surface area contributed by atoms with Crippen molar-refractivity contribution in [2.24, 2.45) is 7.05 Å². The number of ether oxygens (including phenoxy) is 1. The Morgan fingerprint density at radius 2 is 2.16 bits per heavy atom. The van der Waals surface area contributed by atoms with Crippen molar-refractivity contribution in [2.75, 3.05) is 18.5 Å². The molecule has 1 aliphatic heterocycles. The molecular weight excluding hydrogens is 314 g/mol. The number of aromatic nitrogens is 4. The number of nitrogens with one attached hydrogen (secondary N) is 1. The maximum Gasteiger partial charge on any atom is 0.223 e. The van der Waals surface area contributed by atoms with E-state index in [9.17, 15) is 0 Å². The van der Waals surface area contributed by atoms with Gasteiger partial charge in [-0.25, -0.2) is 9.97 Å². The summed E-state index contributed by atoms with van der Waals surface area (Å²) in [5, 5.41) is 7.55. The van der Waals surface area contributed by atoms with Gasteiger partial charge in [0.15, 0.2) is 0 Å². The first-order chi connectivity index (χ1) is 12.2. The molecule has 1 unspecified atom stereocenters. The quantitative estimate of drug-likeness (QED) is 0.794. The summed E-state index contributed by atoms with van der Waals surface area (Å²) in [6.45, 7) is 3.40. The summed E-state index contributed by atoms with van der Waals surface area (Å²) in [7, 11) is 1.91. The summed E-state index contributed by atoms with van der Waals surface area (Å²) in [6.07, 6.45) is 4.61. The first-order valence-electron chi connectivity index (χ1n) is 8.47. The van der Waals surface area contributed by atoms with Crippen molar-refractivity contribution in [2.45, 2.75) is 19.4 Å². The molecule has 0 aliphatic carbocycles. The van der Waals surface area contributed by atoms with Crippen LogP contribution in [0.15, 0.2) is 42.7 Å². The van der Waals surface area contributed by atoms with Gasteiger partial charge in [-0.15, -0.1) is 0 Å². The van der Waals surface area contributed by atoms with Gasteiger partial charge in [0.1, 0.15) is 6.10 Å². The fourth-order valence-electron chi connectivity index (χ4n) is 3.22. The first kappa shape index (κ1) is 15.8. The van der Waals surface area contributed by atoms with E-state index in [1.807, 2.05) is 30.9 Å². The van der Waals surface area contributed by atoms with Gasteiger partial charge in [-0.3, -0.25) is 4.68 Å². The monoisotopic (exact) mass is 335 g/mol. The molecule has 0 spiro atoms. The molecular formula is C19H21N5O. The zero-order valence-electron chi connectivity index (χ0n) is 14.4. The number of benzene rings is 1. The van der Waals surface area contributed by atoms with Gasteiger partial charge in [0, 0.05) is 26.0 Å². The largest absolute Gasteiger partial charge is 0.371 e. The fourth-order valence-corrected chi connectivity index (χ4v) is 3.22. The maximum atomic E-state index is 5.94. The van der Waals surface area contributed by atoms with Gasteiger partial charge in [-0.1, -0.05) is 24.3 Å². The third kappa shape index (κ3) is 3.13. The number of anilines is 1. The summed E-state index contributed by atoms with van der Waals surface area (Å²) in [6, 6.07) is 10.4. The zero-order chi connectivity index (χ0) is 17.2. The highest BCUT2D eigenvalue weighted by Crippen LogP contribution is 2.27. The van der Waals surface area contributed by atoms with E-state index in [2.05, 4.69) is 44.6 Å². The number of rotatable bonds is 4. The van der Waals surface area contributed by atoms with E-state index in [1.54, 1.807) is 6.20 Å². The van der Waals surface area contributed by atoms with E-state index < -0.39 is 0 Å². The normalized spacial score (nSPS) is 16.5. The van der Waals surface area contributed by atoms with Gasteiger partial charge in [0.05, 0.1) is 18.0 Å². The molecule has 2 aromatic heterocycles. The second-order valence-electron chi connectivity index (χ2n) is 6.25. The highest BCUT2D eigenvalue weighted by atomic mass is 16.5. The van der Waals surface area contributed by atoms with Crippen LogP contribution in [0.25, 0.3) is 11.4 Å². The standard InChI is InChI=1S/C19H21N5O/c1-13-11-20-19(23-18(13)16-7-9-22-24(16)2)21-12-17-15-6-4-3-5-14(15)8-10-25-17/h3-7,9,11,17H,8,10,12H2,1-2H3,(H,20,21,23). The molecule has 25 heavy (non-hydrogen) atoms. The van der Waals surface area contributed by atoms with Crippen LogP contribution < -0.4 is 5.32 Å². The van der Waals surface area contributed by atoms with Gasteiger partial charge in [-0.2, -0.15) is 5.10 Å². The van der Waals surface area contributed by atoms with Crippen molar-refractivity contribution < 1.29 is 4.74 Å². The Morgan fingerprint density at radius 1 is 1.28 bits per heavy atom. The topological polar surface area (TPSA) is 64.9 Å². The lowest BCUT2D eigenvalue weighted by Crippen LogP contribution is -2.23. The van der Waals surface area contributed by atoms with Crippen LogP contribution in [0, 0.1) is 6.92 Å².